The second kappa shape index (κ2) is 11.0. The van der Waals surface area contributed by atoms with Crippen molar-refractivity contribution in [2.45, 2.75) is 37.5 Å². The van der Waals surface area contributed by atoms with E-state index in [1.54, 1.807) is 12.1 Å². The molecule has 0 saturated carbocycles. The third-order valence-corrected chi connectivity index (χ3v) is 6.46. The van der Waals surface area contributed by atoms with Crippen LogP contribution in [-0.4, -0.2) is 46.3 Å². The molecule has 5 N–H and O–H groups in total. The zero-order valence-corrected chi connectivity index (χ0v) is 19.4. The number of nitrogens with zero attached hydrogens (tertiary/aromatic N) is 1. The summed E-state index contributed by atoms with van der Waals surface area (Å²) < 4.78 is 0. The van der Waals surface area contributed by atoms with Gasteiger partial charge in [-0.2, -0.15) is 0 Å². The zero-order valence-electron chi connectivity index (χ0n) is 19.4. The van der Waals surface area contributed by atoms with Crippen LogP contribution in [-0.2, 0) is 16.1 Å². The monoisotopic (exact) mass is 470 g/mol. The highest BCUT2D eigenvalue weighted by Crippen LogP contribution is 2.30. The Hall–Kier alpha value is -3.97. The molecule has 1 heterocycles. The SMILES string of the molecule is N=C(N)c1ccc(CNC(=O)C2CCCN2C(=O)C(O)C(c2ccccc2)c2ccccc2)cc1. The van der Waals surface area contributed by atoms with Gasteiger partial charge in [-0.25, -0.2) is 0 Å². The summed E-state index contributed by atoms with van der Waals surface area (Å²) in [5.74, 6) is -1.22. The number of hydrogen-bond donors (Lipinski definition) is 4. The Labute approximate surface area is 205 Å². The molecule has 0 radical (unpaired) electrons. The van der Waals surface area contributed by atoms with Crippen LogP contribution in [0.1, 0.15) is 41.0 Å². The highest BCUT2D eigenvalue weighted by Gasteiger charge is 2.39. The number of nitrogens with one attached hydrogen (secondary N) is 2. The number of carbonyl (C=O) groups is 2. The van der Waals surface area contributed by atoms with Crippen LogP contribution in [0, 0.1) is 5.41 Å². The van der Waals surface area contributed by atoms with Gasteiger partial charge in [0.15, 0.2) is 0 Å². The van der Waals surface area contributed by atoms with E-state index in [1.807, 2.05) is 72.8 Å². The van der Waals surface area contributed by atoms with E-state index in [1.165, 1.54) is 4.90 Å². The highest BCUT2D eigenvalue weighted by atomic mass is 16.3. The van der Waals surface area contributed by atoms with E-state index in [4.69, 9.17) is 11.1 Å². The lowest BCUT2D eigenvalue weighted by Gasteiger charge is -2.30. The Morgan fingerprint density at radius 3 is 2.09 bits per heavy atom. The topological polar surface area (TPSA) is 120 Å². The van der Waals surface area contributed by atoms with E-state index in [9.17, 15) is 14.7 Å². The van der Waals surface area contributed by atoms with Gasteiger partial charge in [0.05, 0.1) is 0 Å². The first kappa shape index (κ1) is 24.2. The Kier molecular flexibility index (Phi) is 7.57. The first-order valence-electron chi connectivity index (χ1n) is 11.7. The lowest BCUT2D eigenvalue weighted by atomic mass is 9.86. The molecule has 1 aliphatic rings. The van der Waals surface area contributed by atoms with Gasteiger partial charge in [-0.3, -0.25) is 15.0 Å². The van der Waals surface area contributed by atoms with Gasteiger partial charge in [0.1, 0.15) is 18.0 Å². The van der Waals surface area contributed by atoms with Crippen LogP contribution in [0.25, 0.3) is 0 Å². The lowest BCUT2D eigenvalue weighted by molar-refractivity contribution is -0.145. The predicted octanol–water partition coefficient (Wildman–Crippen LogP) is 2.77. The molecule has 2 amide bonds. The fraction of sp³-hybridized carbons (Fsp3) is 0.250. The minimum absolute atomic E-state index is 0.0106. The zero-order chi connectivity index (χ0) is 24.8. The molecular formula is C28H30N4O3. The first-order valence-corrected chi connectivity index (χ1v) is 11.7. The summed E-state index contributed by atoms with van der Waals surface area (Å²) in [6.07, 6.45) is -0.0626. The number of nitrogen functional groups attached to an aromatic ring is 1. The quantitative estimate of drug-likeness (QED) is 0.299. The maximum absolute atomic E-state index is 13.5. The fourth-order valence-corrected chi connectivity index (χ4v) is 4.60. The summed E-state index contributed by atoms with van der Waals surface area (Å²) in [6, 6.07) is 25.4. The molecule has 2 atom stereocenters. The van der Waals surface area contributed by atoms with Crippen LogP contribution in [0.5, 0.6) is 0 Å². The van der Waals surface area contributed by atoms with E-state index in [2.05, 4.69) is 5.32 Å². The molecule has 0 aliphatic carbocycles. The van der Waals surface area contributed by atoms with E-state index in [-0.39, 0.29) is 11.7 Å². The average Bonchev–Trinajstić information content (AvgIpc) is 3.38. The molecule has 0 aromatic heterocycles. The van der Waals surface area contributed by atoms with Crippen molar-refractivity contribution in [3.05, 3.63) is 107 Å². The molecule has 2 unspecified atom stereocenters. The third kappa shape index (κ3) is 5.58. The van der Waals surface area contributed by atoms with Crippen LogP contribution in [0.4, 0.5) is 0 Å². The highest BCUT2D eigenvalue weighted by molar-refractivity contribution is 5.95. The molecule has 0 spiro atoms. The van der Waals surface area contributed by atoms with Crippen LogP contribution in [0.15, 0.2) is 84.9 Å². The van der Waals surface area contributed by atoms with Gasteiger partial charge in [0, 0.05) is 24.6 Å². The van der Waals surface area contributed by atoms with E-state index < -0.39 is 24.0 Å². The number of carbonyl (C=O) groups excluding carboxylic acids is 2. The summed E-state index contributed by atoms with van der Waals surface area (Å²) in [7, 11) is 0. The second-order valence-electron chi connectivity index (χ2n) is 8.76. The molecule has 1 saturated heterocycles. The number of rotatable bonds is 8. The first-order chi connectivity index (χ1) is 17.0. The molecular weight excluding hydrogens is 440 g/mol. The van der Waals surface area contributed by atoms with Gasteiger partial charge in [-0.05, 0) is 29.5 Å². The predicted molar refractivity (Wildman–Crippen MR) is 135 cm³/mol. The number of likely N-dealkylation sites (tertiary alicyclic amines) is 1. The van der Waals surface area contributed by atoms with Crippen molar-refractivity contribution in [2.24, 2.45) is 5.73 Å². The molecule has 7 nitrogen and oxygen atoms in total. The summed E-state index contributed by atoms with van der Waals surface area (Å²) in [5, 5.41) is 21.7. The Balaban J connectivity index is 1.47. The second-order valence-corrected chi connectivity index (χ2v) is 8.76. The van der Waals surface area contributed by atoms with Crippen molar-refractivity contribution in [1.82, 2.24) is 10.2 Å². The number of benzene rings is 3. The van der Waals surface area contributed by atoms with E-state index in [0.717, 1.165) is 16.7 Å². The standard InChI is InChI=1S/C28H30N4O3/c29-26(30)22-15-13-19(14-16-22)18-31-27(34)23-12-7-17-32(23)28(35)25(33)24(20-8-3-1-4-9-20)21-10-5-2-6-11-21/h1-6,8-11,13-16,23-25,33H,7,12,17-18H2,(H3,29,30)(H,31,34). The number of aliphatic hydroxyl groups excluding tert-OH is 1. The normalized spacial score (nSPS) is 16.2. The van der Waals surface area contributed by atoms with Crippen molar-refractivity contribution >= 4 is 17.6 Å². The van der Waals surface area contributed by atoms with Gasteiger partial charge < -0.3 is 21.1 Å². The largest absolute Gasteiger partial charge is 0.384 e. The van der Waals surface area contributed by atoms with Gasteiger partial charge in [-0.15, -0.1) is 0 Å². The number of amidine groups is 1. The summed E-state index contributed by atoms with van der Waals surface area (Å²) in [6.45, 7) is 0.729. The Bertz CT molecular complexity index is 1130. The van der Waals surface area contributed by atoms with Gasteiger partial charge in [-0.1, -0.05) is 84.9 Å². The summed E-state index contributed by atoms with van der Waals surface area (Å²) >= 11 is 0. The molecule has 0 bridgehead atoms. The van der Waals surface area contributed by atoms with Crippen LogP contribution in [0.2, 0.25) is 0 Å². The lowest BCUT2D eigenvalue weighted by Crippen LogP contribution is -2.50. The molecule has 35 heavy (non-hydrogen) atoms. The summed E-state index contributed by atoms with van der Waals surface area (Å²) in [4.78, 5) is 28.0. The van der Waals surface area contributed by atoms with Crippen molar-refractivity contribution in [2.75, 3.05) is 6.54 Å². The average molecular weight is 471 g/mol. The molecule has 3 aromatic carbocycles. The van der Waals surface area contributed by atoms with Crippen LogP contribution >= 0.6 is 0 Å². The molecule has 3 aromatic rings. The van der Waals surface area contributed by atoms with Gasteiger partial charge >= 0.3 is 0 Å². The van der Waals surface area contributed by atoms with Crippen molar-refractivity contribution in [3.63, 3.8) is 0 Å². The molecule has 180 valence electrons. The van der Waals surface area contributed by atoms with Crippen LogP contribution < -0.4 is 11.1 Å². The van der Waals surface area contributed by atoms with Gasteiger partial charge in [0.25, 0.3) is 5.91 Å². The summed E-state index contributed by atoms with van der Waals surface area (Å²) in [5.41, 5.74) is 8.66. The number of nitrogens with two attached hydrogens (primary N) is 1. The number of amides is 2. The molecule has 4 rings (SSSR count). The van der Waals surface area contributed by atoms with E-state index >= 15 is 0 Å². The Morgan fingerprint density at radius 1 is 0.971 bits per heavy atom. The minimum Gasteiger partial charge on any atom is -0.384 e. The number of hydrogen-bond acceptors (Lipinski definition) is 4. The number of aliphatic hydroxyl groups is 1. The van der Waals surface area contributed by atoms with Crippen LogP contribution in [0.3, 0.4) is 0 Å². The fourth-order valence-electron chi connectivity index (χ4n) is 4.60. The molecule has 7 heteroatoms. The van der Waals surface area contributed by atoms with Crippen molar-refractivity contribution < 1.29 is 14.7 Å². The maximum Gasteiger partial charge on any atom is 0.253 e. The minimum atomic E-state index is -1.31. The molecule has 1 aliphatic heterocycles. The molecule has 1 fully saturated rings. The maximum atomic E-state index is 13.5. The third-order valence-electron chi connectivity index (χ3n) is 6.46. The van der Waals surface area contributed by atoms with E-state index in [0.29, 0.717) is 31.5 Å². The Morgan fingerprint density at radius 2 is 1.54 bits per heavy atom. The van der Waals surface area contributed by atoms with Crippen molar-refractivity contribution in [1.29, 1.82) is 5.41 Å². The van der Waals surface area contributed by atoms with Gasteiger partial charge in [0.2, 0.25) is 5.91 Å². The smallest absolute Gasteiger partial charge is 0.253 e. The van der Waals surface area contributed by atoms with Crippen molar-refractivity contribution in [3.8, 4) is 0 Å².